The molecule has 8 heteroatoms. The highest BCUT2D eigenvalue weighted by molar-refractivity contribution is 7.91. The summed E-state index contributed by atoms with van der Waals surface area (Å²) >= 11 is 0. The van der Waals surface area contributed by atoms with Gasteiger partial charge in [-0.3, -0.25) is 4.99 Å². The molecular weight excluding hydrogens is 410 g/mol. The Morgan fingerprint density at radius 2 is 1.77 bits per heavy atom. The van der Waals surface area contributed by atoms with E-state index in [0.29, 0.717) is 24.4 Å². The van der Waals surface area contributed by atoms with Crippen molar-refractivity contribution in [2.45, 2.75) is 24.8 Å². The van der Waals surface area contributed by atoms with E-state index in [4.69, 9.17) is 0 Å². The first-order valence-corrected chi connectivity index (χ1v) is 12.0. The zero-order chi connectivity index (χ0) is 22.1. The molecule has 0 bridgehead atoms. The summed E-state index contributed by atoms with van der Waals surface area (Å²) in [7, 11) is -1.34. The van der Waals surface area contributed by atoms with Gasteiger partial charge in [0.2, 0.25) is 0 Å². The van der Waals surface area contributed by atoms with Gasteiger partial charge in [-0.2, -0.15) is 0 Å². The first kappa shape index (κ1) is 22.6. The molecule has 0 saturated heterocycles. The van der Waals surface area contributed by atoms with Crippen LogP contribution in [0.25, 0.3) is 11.3 Å². The number of guanidine groups is 1. The molecule has 7 nitrogen and oxygen atoms in total. The first-order valence-electron chi connectivity index (χ1n) is 10.4. The summed E-state index contributed by atoms with van der Waals surface area (Å²) in [5, 5.41) is 3.26. The lowest BCUT2D eigenvalue weighted by Gasteiger charge is -2.21. The van der Waals surface area contributed by atoms with Gasteiger partial charge in [-0.05, 0) is 31.0 Å². The molecule has 1 heterocycles. The van der Waals surface area contributed by atoms with Crippen LogP contribution in [-0.2, 0) is 16.4 Å². The van der Waals surface area contributed by atoms with Crippen molar-refractivity contribution in [3.63, 3.8) is 0 Å². The molecule has 0 saturated carbocycles. The number of rotatable bonds is 9. The minimum Gasteiger partial charge on any atom is -0.357 e. The third-order valence-corrected chi connectivity index (χ3v) is 6.55. The van der Waals surface area contributed by atoms with Gasteiger partial charge in [0.05, 0.1) is 29.1 Å². The quantitative estimate of drug-likeness (QED) is 0.303. The van der Waals surface area contributed by atoms with Gasteiger partial charge in [-0.1, -0.05) is 48.5 Å². The number of aromatic nitrogens is 2. The van der Waals surface area contributed by atoms with Gasteiger partial charge in [0.15, 0.2) is 15.8 Å². The van der Waals surface area contributed by atoms with Crippen LogP contribution in [-0.4, -0.2) is 55.1 Å². The Hall–Kier alpha value is -3.13. The average Bonchev–Trinajstić information content (AvgIpc) is 3.25. The first-order chi connectivity index (χ1) is 15.0. The number of imidazole rings is 1. The van der Waals surface area contributed by atoms with E-state index in [0.717, 1.165) is 29.6 Å². The lowest BCUT2D eigenvalue weighted by molar-refractivity contribution is 0.464. The largest absolute Gasteiger partial charge is 0.357 e. The summed E-state index contributed by atoms with van der Waals surface area (Å²) in [4.78, 5) is 14.8. The van der Waals surface area contributed by atoms with Gasteiger partial charge in [0.1, 0.15) is 5.82 Å². The molecule has 164 valence electrons. The molecule has 2 N–H and O–H groups in total. The number of aromatic amines is 1. The molecule has 0 aliphatic carbocycles. The molecule has 0 amide bonds. The summed E-state index contributed by atoms with van der Waals surface area (Å²) in [5.41, 5.74) is 2.06. The Morgan fingerprint density at radius 1 is 1.10 bits per heavy atom. The number of aliphatic imine (C=N–C) groups is 1. The minimum atomic E-state index is -3.28. The van der Waals surface area contributed by atoms with Crippen LogP contribution in [0.4, 0.5) is 0 Å². The van der Waals surface area contributed by atoms with Crippen molar-refractivity contribution >= 4 is 15.8 Å². The molecule has 0 aliphatic heterocycles. The molecule has 0 aliphatic rings. The van der Waals surface area contributed by atoms with E-state index in [9.17, 15) is 8.42 Å². The third kappa shape index (κ3) is 6.42. The van der Waals surface area contributed by atoms with E-state index < -0.39 is 9.84 Å². The average molecular weight is 440 g/mol. The molecule has 0 atom stereocenters. The predicted molar refractivity (Wildman–Crippen MR) is 125 cm³/mol. The van der Waals surface area contributed by atoms with Crippen LogP contribution in [0.15, 0.2) is 76.7 Å². The second-order valence-electron chi connectivity index (χ2n) is 7.19. The topological polar surface area (TPSA) is 90.4 Å². The molecule has 1 aromatic heterocycles. The van der Waals surface area contributed by atoms with Gasteiger partial charge in [0.25, 0.3) is 0 Å². The highest BCUT2D eigenvalue weighted by Crippen LogP contribution is 2.16. The van der Waals surface area contributed by atoms with Crippen molar-refractivity contribution in [2.75, 3.05) is 25.9 Å². The normalized spacial score (nSPS) is 12.0. The number of benzene rings is 2. The Labute approximate surface area is 184 Å². The molecular formula is C23H29N5O2S. The summed E-state index contributed by atoms with van der Waals surface area (Å²) in [6.07, 6.45) is 2.29. The minimum absolute atomic E-state index is 0.0717. The predicted octanol–water partition coefficient (Wildman–Crippen LogP) is 3.34. The lowest BCUT2D eigenvalue weighted by Crippen LogP contribution is -2.38. The van der Waals surface area contributed by atoms with Crippen LogP contribution in [0.2, 0.25) is 0 Å². The summed E-state index contributed by atoms with van der Waals surface area (Å²) in [6.45, 7) is 3.70. The van der Waals surface area contributed by atoms with Crippen LogP contribution in [0.5, 0.6) is 0 Å². The Balaban J connectivity index is 1.58. The Kier molecular flexibility index (Phi) is 7.83. The maximum absolute atomic E-state index is 12.4. The molecule has 0 fully saturated rings. The third-order valence-electron chi connectivity index (χ3n) is 4.73. The van der Waals surface area contributed by atoms with Crippen molar-refractivity contribution < 1.29 is 8.42 Å². The summed E-state index contributed by atoms with van der Waals surface area (Å²) < 4.78 is 24.8. The fourth-order valence-corrected chi connectivity index (χ4v) is 4.48. The lowest BCUT2D eigenvalue weighted by atomic mass is 10.2. The van der Waals surface area contributed by atoms with Gasteiger partial charge >= 0.3 is 0 Å². The van der Waals surface area contributed by atoms with E-state index in [1.165, 1.54) is 0 Å². The molecule has 3 aromatic rings. The van der Waals surface area contributed by atoms with Gasteiger partial charge < -0.3 is 15.2 Å². The van der Waals surface area contributed by atoms with Crippen molar-refractivity contribution in [1.82, 2.24) is 20.2 Å². The van der Waals surface area contributed by atoms with Crippen LogP contribution < -0.4 is 5.32 Å². The van der Waals surface area contributed by atoms with E-state index in [-0.39, 0.29) is 5.75 Å². The number of hydrogen-bond acceptors (Lipinski definition) is 4. The van der Waals surface area contributed by atoms with E-state index >= 15 is 0 Å². The van der Waals surface area contributed by atoms with Crippen molar-refractivity contribution in [3.05, 3.63) is 72.7 Å². The van der Waals surface area contributed by atoms with Crippen molar-refractivity contribution in [3.8, 4) is 11.3 Å². The highest BCUT2D eigenvalue weighted by Gasteiger charge is 2.14. The van der Waals surface area contributed by atoms with Crippen molar-refractivity contribution in [1.29, 1.82) is 0 Å². The number of H-pyrrole nitrogens is 1. The number of hydrogen-bond donors (Lipinski definition) is 2. The zero-order valence-corrected chi connectivity index (χ0v) is 18.8. The Bertz CT molecular complexity index is 1080. The molecule has 0 unspecified atom stereocenters. The number of nitrogens with one attached hydrogen (secondary N) is 2. The monoisotopic (exact) mass is 439 g/mol. The SMILES string of the molecule is CCNC(=NCCCS(=O)(=O)c1ccccc1)N(C)Cc1ncc(-c2ccccc2)[nH]1. The van der Waals surface area contributed by atoms with Crippen LogP contribution in [0, 0.1) is 0 Å². The molecule has 0 radical (unpaired) electrons. The summed E-state index contributed by atoms with van der Waals surface area (Å²) in [5.74, 6) is 1.62. The van der Waals surface area contributed by atoms with Gasteiger partial charge in [-0.15, -0.1) is 0 Å². The standard InChI is InChI=1S/C23H29N5O2S/c1-3-24-23(25-15-10-16-31(29,30)20-13-8-5-9-14-20)28(2)18-22-26-17-21(27-22)19-11-6-4-7-12-19/h4-9,11-14,17H,3,10,15-16,18H2,1-2H3,(H,24,25)(H,26,27). The zero-order valence-electron chi connectivity index (χ0n) is 18.0. The second-order valence-corrected chi connectivity index (χ2v) is 9.30. The maximum atomic E-state index is 12.4. The van der Waals surface area contributed by atoms with Crippen LogP contribution in [0.1, 0.15) is 19.2 Å². The van der Waals surface area contributed by atoms with Gasteiger partial charge in [-0.25, -0.2) is 13.4 Å². The molecule has 2 aromatic carbocycles. The van der Waals surface area contributed by atoms with Crippen molar-refractivity contribution in [2.24, 2.45) is 4.99 Å². The van der Waals surface area contributed by atoms with Crippen LogP contribution in [0.3, 0.4) is 0 Å². The molecule has 0 spiro atoms. The molecule has 3 rings (SSSR count). The van der Waals surface area contributed by atoms with Crippen LogP contribution >= 0.6 is 0 Å². The Morgan fingerprint density at radius 3 is 2.45 bits per heavy atom. The van der Waals surface area contributed by atoms with E-state index in [1.807, 2.05) is 61.5 Å². The number of sulfone groups is 1. The fourth-order valence-electron chi connectivity index (χ4n) is 3.16. The highest BCUT2D eigenvalue weighted by atomic mass is 32.2. The summed E-state index contributed by atoms with van der Waals surface area (Å²) in [6, 6.07) is 18.6. The van der Waals surface area contributed by atoms with E-state index in [2.05, 4.69) is 20.3 Å². The number of nitrogens with zero attached hydrogens (tertiary/aromatic N) is 3. The van der Waals surface area contributed by atoms with Gasteiger partial charge in [0, 0.05) is 20.1 Å². The smallest absolute Gasteiger partial charge is 0.194 e. The van der Waals surface area contributed by atoms with E-state index in [1.54, 1.807) is 24.3 Å². The molecule has 31 heavy (non-hydrogen) atoms. The maximum Gasteiger partial charge on any atom is 0.194 e. The second kappa shape index (κ2) is 10.8. The fraction of sp³-hybridized carbons (Fsp3) is 0.304.